The standard InChI is InChI=1S/C12H15N3O3/c1-12(11(17)18)3-5-15(7-12)8-2-4-14-9(6-8)10(13)16/h2,4,6H,3,5,7H2,1H3,(H2,13,16)(H,17,18). The lowest BCUT2D eigenvalue weighted by atomic mass is 9.90. The first-order valence-corrected chi connectivity index (χ1v) is 5.66. The van der Waals surface area contributed by atoms with Crippen LogP contribution in [0.1, 0.15) is 23.8 Å². The zero-order valence-electron chi connectivity index (χ0n) is 10.1. The van der Waals surface area contributed by atoms with Crippen molar-refractivity contribution in [2.24, 2.45) is 11.1 Å². The Kier molecular flexibility index (Phi) is 2.94. The van der Waals surface area contributed by atoms with Crippen molar-refractivity contribution < 1.29 is 14.7 Å². The number of carbonyl (C=O) groups excluding carboxylic acids is 1. The summed E-state index contributed by atoms with van der Waals surface area (Å²) >= 11 is 0. The Morgan fingerprint density at radius 2 is 2.28 bits per heavy atom. The van der Waals surface area contributed by atoms with Crippen molar-refractivity contribution in [2.75, 3.05) is 18.0 Å². The minimum Gasteiger partial charge on any atom is -0.481 e. The molecule has 1 atom stereocenters. The summed E-state index contributed by atoms with van der Waals surface area (Å²) in [6.07, 6.45) is 2.09. The Balaban J connectivity index is 2.22. The van der Waals surface area contributed by atoms with Gasteiger partial charge in [0.1, 0.15) is 5.69 Å². The summed E-state index contributed by atoms with van der Waals surface area (Å²) in [7, 11) is 0. The summed E-state index contributed by atoms with van der Waals surface area (Å²) in [6, 6.07) is 3.34. The van der Waals surface area contributed by atoms with Gasteiger partial charge < -0.3 is 15.7 Å². The molecule has 0 aromatic carbocycles. The number of hydrogen-bond donors (Lipinski definition) is 2. The van der Waals surface area contributed by atoms with E-state index in [0.29, 0.717) is 19.5 Å². The van der Waals surface area contributed by atoms with Crippen molar-refractivity contribution in [1.82, 2.24) is 4.98 Å². The number of nitrogens with two attached hydrogens (primary N) is 1. The van der Waals surface area contributed by atoms with Gasteiger partial charge in [-0.1, -0.05) is 0 Å². The topological polar surface area (TPSA) is 96.5 Å². The molecule has 1 amide bonds. The minimum atomic E-state index is -0.797. The number of aromatic nitrogens is 1. The average molecular weight is 249 g/mol. The van der Waals surface area contributed by atoms with Crippen LogP contribution < -0.4 is 10.6 Å². The average Bonchev–Trinajstić information content (AvgIpc) is 2.73. The van der Waals surface area contributed by atoms with Gasteiger partial charge in [0.05, 0.1) is 5.41 Å². The third-order valence-corrected chi connectivity index (χ3v) is 3.35. The van der Waals surface area contributed by atoms with Gasteiger partial charge in [-0.15, -0.1) is 0 Å². The first-order chi connectivity index (χ1) is 8.42. The number of primary amides is 1. The second kappa shape index (κ2) is 4.29. The number of carboxylic acid groups (broad SMARTS) is 1. The number of amides is 1. The molecule has 2 heterocycles. The van der Waals surface area contributed by atoms with Crippen LogP contribution in [0.4, 0.5) is 5.69 Å². The number of nitrogens with zero attached hydrogens (tertiary/aromatic N) is 2. The predicted molar refractivity (Wildman–Crippen MR) is 65.3 cm³/mol. The van der Waals surface area contributed by atoms with E-state index in [1.54, 1.807) is 19.1 Å². The summed E-state index contributed by atoms with van der Waals surface area (Å²) in [5.41, 5.74) is 5.40. The van der Waals surface area contributed by atoms with Gasteiger partial charge in [-0.25, -0.2) is 0 Å². The number of carboxylic acids is 1. The molecule has 1 saturated heterocycles. The maximum absolute atomic E-state index is 11.2. The number of hydrogen-bond acceptors (Lipinski definition) is 4. The summed E-state index contributed by atoms with van der Waals surface area (Å²) in [5, 5.41) is 9.17. The maximum Gasteiger partial charge on any atom is 0.311 e. The highest BCUT2D eigenvalue weighted by Crippen LogP contribution is 2.33. The molecule has 6 nitrogen and oxygen atoms in total. The van der Waals surface area contributed by atoms with E-state index in [2.05, 4.69) is 4.98 Å². The summed E-state index contributed by atoms with van der Waals surface area (Å²) < 4.78 is 0. The number of pyridine rings is 1. The van der Waals surface area contributed by atoms with Gasteiger partial charge in [-0.3, -0.25) is 14.6 Å². The molecular formula is C12H15N3O3. The Morgan fingerprint density at radius 3 is 2.83 bits per heavy atom. The van der Waals surface area contributed by atoms with E-state index in [-0.39, 0.29) is 5.69 Å². The van der Waals surface area contributed by atoms with Crippen LogP contribution in [0, 0.1) is 5.41 Å². The monoisotopic (exact) mass is 249 g/mol. The molecule has 1 aliphatic rings. The molecule has 0 radical (unpaired) electrons. The number of anilines is 1. The van der Waals surface area contributed by atoms with Gasteiger partial charge in [-0.05, 0) is 25.5 Å². The zero-order chi connectivity index (χ0) is 13.3. The van der Waals surface area contributed by atoms with E-state index in [1.807, 2.05) is 4.90 Å². The molecule has 0 saturated carbocycles. The van der Waals surface area contributed by atoms with Crippen molar-refractivity contribution in [3.8, 4) is 0 Å². The molecule has 96 valence electrons. The van der Waals surface area contributed by atoms with Crippen molar-refractivity contribution in [1.29, 1.82) is 0 Å². The van der Waals surface area contributed by atoms with Crippen molar-refractivity contribution >= 4 is 17.6 Å². The molecule has 1 unspecified atom stereocenters. The van der Waals surface area contributed by atoms with Gasteiger partial charge in [-0.2, -0.15) is 0 Å². The number of aliphatic carboxylic acids is 1. The van der Waals surface area contributed by atoms with Crippen LogP contribution in [0.3, 0.4) is 0 Å². The molecule has 3 N–H and O–H groups in total. The van der Waals surface area contributed by atoms with Crippen LogP contribution in [-0.2, 0) is 4.79 Å². The summed E-state index contributed by atoms with van der Waals surface area (Å²) in [5.74, 6) is -1.38. The van der Waals surface area contributed by atoms with E-state index < -0.39 is 17.3 Å². The SMILES string of the molecule is CC1(C(=O)O)CCN(c2ccnc(C(N)=O)c2)C1. The van der Waals surface area contributed by atoms with E-state index in [0.717, 1.165) is 5.69 Å². The molecule has 1 aromatic rings. The molecule has 1 aromatic heterocycles. The minimum absolute atomic E-state index is 0.191. The molecule has 2 rings (SSSR count). The molecule has 1 aliphatic heterocycles. The molecular weight excluding hydrogens is 234 g/mol. The van der Waals surface area contributed by atoms with Crippen LogP contribution in [-0.4, -0.2) is 35.1 Å². The van der Waals surface area contributed by atoms with Crippen LogP contribution in [0.15, 0.2) is 18.3 Å². The van der Waals surface area contributed by atoms with Crippen molar-refractivity contribution in [3.63, 3.8) is 0 Å². The quantitative estimate of drug-likeness (QED) is 0.812. The molecule has 1 fully saturated rings. The molecule has 0 bridgehead atoms. The Hall–Kier alpha value is -2.11. The van der Waals surface area contributed by atoms with Crippen molar-refractivity contribution in [3.05, 3.63) is 24.0 Å². The van der Waals surface area contributed by atoms with Crippen LogP contribution in [0.5, 0.6) is 0 Å². The van der Waals surface area contributed by atoms with Crippen molar-refractivity contribution in [2.45, 2.75) is 13.3 Å². The second-order valence-electron chi connectivity index (χ2n) is 4.80. The van der Waals surface area contributed by atoms with Gasteiger partial charge in [0, 0.05) is 25.0 Å². The summed E-state index contributed by atoms with van der Waals surface area (Å²) in [4.78, 5) is 28.0. The fourth-order valence-electron chi connectivity index (χ4n) is 2.11. The number of carbonyl (C=O) groups is 2. The lowest BCUT2D eigenvalue weighted by molar-refractivity contribution is -0.146. The lowest BCUT2D eigenvalue weighted by Gasteiger charge is -2.21. The van der Waals surface area contributed by atoms with Gasteiger partial charge in [0.25, 0.3) is 5.91 Å². The smallest absolute Gasteiger partial charge is 0.311 e. The molecule has 18 heavy (non-hydrogen) atoms. The molecule has 0 aliphatic carbocycles. The molecule has 6 heteroatoms. The van der Waals surface area contributed by atoms with Gasteiger partial charge >= 0.3 is 5.97 Å². The van der Waals surface area contributed by atoms with Crippen LogP contribution in [0.25, 0.3) is 0 Å². The molecule has 0 spiro atoms. The zero-order valence-corrected chi connectivity index (χ0v) is 10.1. The number of rotatable bonds is 3. The Morgan fingerprint density at radius 1 is 1.56 bits per heavy atom. The Labute approximate surface area is 104 Å². The van der Waals surface area contributed by atoms with Crippen LogP contribution in [0.2, 0.25) is 0 Å². The first kappa shape index (κ1) is 12.3. The van der Waals surface area contributed by atoms with Gasteiger partial charge in [0.2, 0.25) is 0 Å². The lowest BCUT2D eigenvalue weighted by Crippen LogP contribution is -2.31. The van der Waals surface area contributed by atoms with E-state index in [4.69, 9.17) is 10.8 Å². The maximum atomic E-state index is 11.2. The fraction of sp³-hybridized carbons (Fsp3) is 0.417. The highest BCUT2D eigenvalue weighted by Gasteiger charge is 2.40. The van der Waals surface area contributed by atoms with E-state index in [9.17, 15) is 9.59 Å². The predicted octanol–water partition coefficient (Wildman–Crippen LogP) is 0.481. The third-order valence-electron chi connectivity index (χ3n) is 3.35. The highest BCUT2D eigenvalue weighted by molar-refractivity contribution is 5.91. The highest BCUT2D eigenvalue weighted by atomic mass is 16.4. The largest absolute Gasteiger partial charge is 0.481 e. The van der Waals surface area contributed by atoms with E-state index in [1.165, 1.54) is 6.20 Å². The summed E-state index contributed by atoms with van der Waals surface area (Å²) in [6.45, 7) is 2.79. The first-order valence-electron chi connectivity index (χ1n) is 5.66. The second-order valence-corrected chi connectivity index (χ2v) is 4.80. The van der Waals surface area contributed by atoms with Gasteiger partial charge in [0.15, 0.2) is 0 Å². The Bertz CT molecular complexity index is 503. The van der Waals surface area contributed by atoms with E-state index >= 15 is 0 Å². The third kappa shape index (κ3) is 2.13. The normalized spacial score (nSPS) is 23.1. The fourth-order valence-corrected chi connectivity index (χ4v) is 2.11. The van der Waals surface area contributed by atoms with Crippen LogP contribution >= 0.6 is 0 Å².